The Morgan fingerprint density at radius 1 is 1.14 bits per heavy atom. The highest BCUT2D eigenvalue weighted by atomic mass is 16.1. The number of nitrogens with one attached hydrogen (secondary N) is 1. The van der Waals surface area contributed by atoms with Crippen molar-refractivity contribution in [2.24, 2.45) is 5.92 Å². The molecule has 1 unspecified atom stereocenters. The van der Waals surface area contributed by atoms with E-state index in [9.17, 15) is 4.79 Å². The Kier molecular flexibility index (Phi) is 5.70. The average Bonchev–Trinajstić information content (AvgIpc) is 2.49. The van der Waals surface area contributed by atoms with Crippen LogP contribution in [0.3, 0.4) is 0 Å². The quantitative estimate of drug-likeness (QED) is 0.883. The summed E-state index contributed by atoms with van der Waals surface area (Å²) >= 11 is 0. The number of carbonyl (C=O) groups is 1. The van der Waals surface area contributed by atoms with E-state index in [4.69, 9.17) is 0 Å². The van der Waals surface area contributed by atoms with Crippen LogP contribution in [0.1, 0.15) is 43.0 Å². The minimum atomic E-state index is 0.0814. The van der Waals surface area contributed by atoms with Crippen LogP contribution in [0.15, 0.2) is 48.7 Å². The fraction of sp³-hybridized carbons (Fsp3) is 0.368. The molecule has 1 aromatic carbocycles. The number of rotatable bonds is 6. The lowest BCUT2D eigenvalue weighted by atomic mass is 9.94. The second-order valence-electron chi connectivity index (χ2n) is 6.12. The Balaban J connectivity index is 2.16. The molecule has 1 atom stereocenters. The summed E-state index contributed by atoms with van der Waals surface area (Å²) < 4.78 is 0. The molecule has 2 rings (SSSR count). The van der Waals surface area contributed by atoms with Gasteiger partial charge >= 0.3 is 0 Å². The van der Waals surface area contributed by atoms with Crippen LogP contribution in [0.4, 0.5) is 0 Å². The molecular formula is C19H24N2O. The topological polar surface area (TPSA) is 42.0 Å². The van der Waals surface area contributed by atoms with Gasteiger partial charge in [0, 0.05) is 30.8 Å². The summed E-state index contributed by atoms with van der Waals surface area (Å²) in [5, 5.41) is 3.05. The maximum Gasteiger partial charge on any atom is 0.220 e. The van der Waals surface area contributed by atoms with Gasteiger partial charge in [0.25, 0.3) is 0 Å². The van der Waals surface area contributed by atoms with Crippen LogP contribution in [0, 0.1) is 12.8 Å². The van der Waals surface area contributed by atoms with Crippen molar-refractivity contribution < 1.29 is 4.79 Å². The monoisotopic (exact) mass is 296 g/mol. The van der Waals surface area contributed by atoms with Gasteiger partial charge in [0.15, 0.2) is 0 Å². The predicted octanol–water partition coefficient (Wildman–Crippen LogP) is 3.68. The number of benzene rings is 1. The van der Waals surface area contributed by atoms with Gasteiger partial charge in [-0.3, -0.25) is 9.78 Å². The average molecular weight is 296 g/mol. The number of amides is 1. The van der Waals surface area contributed by atoms with Crippen molar-refractivity contribution in [2.75, 3.05) is 6.54 Å². The van der Waals surface area contributed by atoms with Crippen molar-refractivity contribution in [3.8, 4) is 0 Å². The highest BCUT2D eigenvalue weighted by Gasteiger charge is 2.16. The molecule has 0 aliphatic carbocycles. The second-order valence-corrected chi connectivity index (χ2v) is 6.12. The van der Waals surface area contributed by atoms with E-state index in [1.807, 2.05) is 18.2 Å². The Labute approximate surface area is 132 Å². The van der Waals surface area contributed by atoms with Crippen LogP contribution in [-0.2, 0) is 4.79 Å². The fourth-order valence-electron chi connectivity index (χ4n) is 2.43. The zero-order valence-electron chi connectivity index (χ0n) is 13.5. The van der Waals surface area contributed by atoms with E-state index in [2.05, 4.69) is 55.3 Å². The molecule has 0 bridgehead atoms. The van der Waals surface area contributed by atoms with Crippen LogP contribution in [0.5, 0.6) is 0 Å². The summed E-state index contributed by atoms with van der Waals surface area (Å²) in [6, 6.07) is 14.3. The summed E-state index contributed by atoms with van der Waals surface area (Å²) in [5.74, 6) is 0.550. The van der Waals surface area contributed by atoms with E-state index >= 15 is 0 Å². The molecule has 0 spiro atoms. The molecule has 3 heteroatoms. The Bertz CT molecular complexity index is 591. The standard InChI is InChI=1S/C19H24N2O/c1-14(2)12-19(22)21-13-17(18-6-4-5-11-20-18)16-9-7-15(3)8-10-16/h4-11,14,17H,12-13H2,1-3H3,(H,21,22). The first-order valence-corrected chi connectivity index (χ1v) is 7.80. The molecule has 0 saturated heterocycles. The molecule has 116 valence electrons. The van der Waals surface area contributed by atoms with Gasteiger partial charge in [0.1, 0.15) is 0 Å². The van der Waals surface area contributed by atoms with E-state index in [0.717, 1.165) is 5.69 Å². The molecule has 1 N–H and O–H groups in total. The number of hydrogen-bond acceptors (Lipinski definition) is 2. The van der Waals surface area contributed by atoms with E-state index in [-0.39, 0.29) is 11.8 Å². The van der Waals surface area contributed by atoms with Gasteiger partial charge in [0.2, 0.25) is 5.91 Å². The Morgan fingerprint density at radius 2 is 1.86 bits per heavy atom. The first-order valence-electron chi connectivity index (χ1n) is 7.80. The molecule has 0 fully saturated rings. The third-order valence-corrected chi connectivity index (χ3v) is 3.62. The van der Waals surface area contributed by atoms with E-state index in [1.165, 1.54) is 11.1 Å². The van der Waals surface area contributed by atoms with Gasteiger partial charge in [-0.25, -0.2) is 0 Å². The lowest BCUT2D eigenvalue weighted by Crippen LogP contribution is -2.30. The van der Waals surface area contributed by atoms with Crippen molar-refractivity contribution >= 4 is 5.91 Å². The van der Waals surface area contributed by atoms with E-state index in [1.54, 1.807) is 6.20 Å². The van der Waals surface area contributed by atoms with Crippen LogP contribution in [0.2, 0.25) is 0 Å². The van der Waals surface area contributed by atoms with Gasteiger partial charge in [-0.1, -0.05) is 49.7 Å². The molecular weight excluding hydrogens is 272 g/mol. The number of aryl methyl sites for hydroxylation is 1. The van der Waals surface area contributed by atoms with Crippen LogP contribution in [-0.4, -0.2) is 17.4 Å². The third kappa shape index (κ3) is 4.69. The molecule has 1 heterocycles. The summed E-state index contributed by atoms with van der Waals surface area (Å²) in [6.45, 7) is 6.75. The highest BCUT2D eigenvalue weighted by molar-refractivity contribution is 5.76. The first-order chi connectivity index (χ1) is 10.6. The normalized spacial score (nSPS) is 12.2. The smallest absolute Gasteiger partial charge is 0.220 e. The summed E-state index contributed by atoms with van der Waals surface area (Å²) in [5.41, 5.74) is 3.39. The van der Waals surface area contributed by atoms with Gasteiger partial charge in [0.05, 0.1) is 0 Å². The lowest BCUT2D eigenvalue weighted by molar-refractivity contribution is -0.121. The second kappa shape index (κ2) is 7.74. The fourth-order valence-corrected chi connectivity index (χ4v) is 2.43. The number of pyridine rings is 1. The Morgan fingerprint density at radius 3 is 2.45 bits per heavy atom. The van der Waals surface area contributed by atoms with Crippen LogP contribution in [0.25, 0.3) is 0 Å². The summed E-state index contributed by atoms with van der Waals surface area (Å²) in [4.78, 5) is 16.4. The molecule has 1 aromatic heterocycles. The number of carbonyl (C=O) groups excluding carboxylic acids is 1. The summed E-state index contributed by atoms with van der Waals surface area (Å²) in [6.07, 6.45) is 2.36. The van der Waals surface area contributed by atoms with E-state index in [0.29, 0.717) is 18.9 Å². The molecule has 0 radical (unpaired) electrons. The molecule has 1 amide bonds. The first kappa shape index (κ1) is 16.2. The van der Waals surface area contributed by atoms with Crippen molar-refractivity contribution in [3.63, 3.8) is 0 Å². The molecule has 22 heavy (non-hydrogen) atoms. The molecule has 2 aromatic rings. The number of nitrogens with zero attached hydrogens (tertiary/aromatic N) is 1. The van der Waals surface area contributed by atoms with Gasteiger partial charge in [-0.2, -0.15) is 0 Å². The number of hydrogen-bond donors (Lipinski definition) is 1. The van der Waals surface area contributed by atoms with Gasteiger partial charge in [-0.15, -0.1) is 0 Å². The third-order valence-electron chi connectivity index (χ3n) is 3.62. The maximum atomic E-state index is 11.9. The number of aromatic nitrogens is 1. The lowest BCUT2D eigenvalue weighted by Gasteiger charge is -2.18. The summed E-state index contributed by atoms with van der Waals surface area (Å²) in [7, 11) is 0. The van der Waals surface area contributed by atoms with Crippen molar-refractivity contribution in [3.05, 3.63) is 65.5 Å². The molecule has 0 aliphatic rings. The van der Waals surface area contributed by atoms with Gasteiger partial charge in [-0.05, 0) is 30.5 Å². The Hall–Kier alpha value is -2.16. The maximum absolute atomic E-state index is 11.9. The molecule has 3 nitrogen and oxygen atoms in total. The minimum absolute atomic E-state index is 0.0814. The molecule has 0 saturated carbocycles. The van der Waals surface area contributed by atoms with Crippen LogP contribution < -0.4 is 5.32 Å². The van der Waals surface area contributed by atoms with E-state index < -0.39 is 0 Å². The zero-order valence-corrected chi connectivity index (χ0v) is 13.5. The van der Waals surface area contributed by atoms with Crippen molar-refractivity contribution in [1.82, 2.24) is 10.3 Å². The molecule has 0 aliphatic heterocycles. The minimum Gasteiger partial charge on any atom is -0.355 e. The largest absolute Gasteiger partial charge is 0.355 e. The van der Waals surface area contributed by atoms with Crippen molar-refractivity contribution in [2.45, 2.75) is 33.1 Å². The predicted molar refractivity (Wildman–Crippen MR) is 89.7 cm³/mol. The highest BCUT2D eigenvalue weighted by Crippen LogP contribution is 2.22. The van der Waals surface area contributed by atoms with Crippen molar-refractivity contribution in [1.29, 1.82) is 0 Å². The van der Waals surface area contributed by atoms with Gasteiger partial charge < -0.3 is 5.32 Å². The van der Waals surface area contributed by atoms with Crippen LogP contribution >= 0.6 is 0 Å². The SMILES string of the molecule is Cc1ccc(C(CNC(=O)CC(C)C)c2ccccn2)cc1. The zero-order chi connectivity index (χ0) is 15.9.